The first-order valence-corrected chi connectivity index (χ1v) is 20.7. The summed E-state index contributed by atoms with van der Waals surface area (Å²) in [5, 5.41) is 2.60. The molecular formula is C41H43Cl2N7O7S. The van der Waals surface area contributed by atoms with Crippen LogP contribution in [0.1, 0.15) is 52.9 Å². The number of fused-ring (bicyclic) bond motifs is 1. The van der Waals surface area contributed by atoms with Crippen molar-refractivity contribution in [3.63, 3.8) is 0 Å². The van der Waals surface area contributed by atoms with E-state index in [2.05, 4.69) is 112 Å². The van der Waals surface area contributed by atoms with Crippen molar-refractivity contribution in [2.24, 2.45) is 0 Å². The fraction of sp³-hybridized carbons (Fsp3) is 0.268. The van der Waals surface area contributed by atoms with Crippen LogP contribution in [0.3, 0.4) is 0 Å². The fourth-order valence-electron chi connectivity index (χ4n) is 6.49. The topological polar surface area (TPSA) is 231 Å². The Morgan fingerprint density at radius 3 is 2.09 bits per heavy atom. The Labute approximate surface area is 346 Å². The predicted molar refractivity (Wildman–Crippen MR) is 216 cm³/mol. The van der Waals surface area contributed by atoms with Crippen LogP contribution in [0.4, 0.5) is 11.6 Å². The van der Waals surface area contributed by atoms with E-state index in [0.29, 0.717) is 17.8 Å². The van der Waals surface area contributed by atoms with E-state index in [1.807, 2.05) is 11.3 Å². The number of aromatic amines is 1. The molecule has 1 fully saturated rings. The van der Waals surface area contributed by atoms with Gasteiger partial charge < -0.3 is 20.7 Å². The second-order valence-electron chi connectivity index (χ2n) is 13.4. The van der Waals surface area contributed by atoms with Gasteiger partial charge >= 0.3 is 0 Å². The van der Waals surface area contributed by atoms with Crippen LogP contribution >= 0.6 is 22.9 Å². The summed E-state index contributed by atoms with van der Waals surface area (Å²) < 4.78 is 40.4. The number of nitrogens with one attached hydrogen (secondary N) is 2. The Kier molecular flexibility index (Phi) is 15.6. The molecule has 3 aromatic heterocycles. The Morgan fingerprint density at radius 2 is 1.55 bits per heavy atom. The number of hydrogen-bond donors (Lipinski definition) is 3. The molecule has 7 rings (SSSR count). The minimum Gasteiger partial charge on any atom is -0.493 e. The van der Waals surface area contributed by atoms with E-state index in [1.54, 1.807) is 24.3 Å². The highest BCUT2D eigenvalue weighted by atomic mass is 35.7. The molecule has 304 valence electrons. The van der Waals surface area contributed by atoms with E-state index in [1.165, 1.54) is 64.0 Å². The normalized spacial score (nSPS) is 13.9. The van der Waals surface area contributed by atoms with Crippen LogP contribution in [0, 0.1) is 24.1 Å². The molecule has 1 saturated heterocycles. The van der Waals surface area contributed by atoms with Crippen molar-refractivity contribution in [1.82, 2.24) is 24.8 Å². The molecule has 4 N–H and O–H groups in total. The minimum atomic E-state index is -4.94. The summed E-state index contributed by atoms with van der Waals surface area (Å²) in [4.78, 5) is 42.4. The largest absolute Gasteiger partial charge is 0.493 e. The van der Waals surface area contributed by atoms with E-state index < -0.39 is 21.0 Å². The molecule has 0 saturated carbocycles. The van der Waals surface area contributed by atoms with Gasteiger partial charge in [-0.1, -0.05) is 36.4 Å². The highest BCUT2D eigenvalue weighted by molar-refractivity contribution is 7.18. The number of nitrogens with two attached hydrogens (primary N) is 1. The number of anilines is 2. The van der Waals surface area contributed by atoms with Crippen LogP contribution in [-0.4, -0.2) is 56.3 Å². The molecular weight excluding hydrogens is 805 g/mol. The fourth-order valence-corrected chi connectivity index (χ4v) is 7.82. The third kappa shape index (κ3) is 12.7. The summed E-state index contributed by atoms with van der Waals surface area (Å²) in [6.07, 6.45) is 6.51. The zero-order valence-corrected chi connectivity index (χ0v) is 34.4. The third-order valence-corrected chi connectivity index (χ3v) is 11.0. The molecule has 17 heteroatoms. The maximum Gasteiger partial charge on any atom is 0.280 e. The summed E-state index contributed by atoms with van der Waals surface area (Å²) in [6, 6.07) is 28.8. The van der Waals surface area contributed by atoms with Crippen LogP contribution in [0.5, 0.6) is 5.75 Å². The van der Waals surface area contributed by atoms with E-state index >= 15 is 0 Å². The lowest BCUT2D eigenvalue weighted by Gasteiger charge is -2.19. The van der Waals surface area contributed by atoms with Crippen molar-refractivity contribution in [2.75, 3.05) is 31.2 Å². The summed E-state index contributed by atoms with van der Waals surface area (Å²) in [6.45, 7) is 6.79. The van der Waals surface area contributed by atoms with Crippen molar-refractivity contribution in [3.05, 3.63) is 124 Å². The molecule has 14 nitrogen and oxygen atoms in total. The van der Waals surface area contributed by atoms with Crippen LogP contribution < -0.4 is 40.0 Å². The number of halogens is 2. The number of aromatic nitrogens is 4. The van der Waals surface area contributed by atoms with Crippen LogP contribution in [0.15, 0.2) is 95.9 Å². The van der Waals surface area contributed by atoms with Crippen molar-refractivity contribution in [2.45, 2.75) is 52.1 Å². The molecule has 6 aromatic rings. The van der Waals surface area contributed by atoms with Gasteiger partial charge in [0.1, 0.15) is 5.75 Å². The van der Waals surface area contributed by atoms with Gasteiger partial charge in [-0.05, 0) is 113 Å². The number of nitrogens with zero attached hydrogens (tertiary/aromatic N) is 4. The van der Waals surface area contributed by atoms with E-state index in [-0.39, 0.29) is 17.1 Å². The zero-order chi connectivity index (χ0) is 41.8. The molecule has 0 amide bonds. The first-order valence-electron chi connectivity index (χ1n) is 18.3. The Morgan fingerprint density at radius 1 is 0.966 bits per heavy atom. The van der Waals surface area contributed by atoms with Gasteiger partial charge in [-0.3, -0.25) is 14.6 Å². The Bertz CT molecular complexity index is 2280. The molecule has 1 atom stereocenters. The third-order valence-electron chi connectivity index (χ3n) is 9.31. The van der Waals surface area contributed by atoms with Gasteiger partial charge in [0, 0.05) is 28.4 Å². The zero-order valence-electron chi connectivity index (χ0n) is 32.1. The number of nitrogen functional groups attached to an aromatic ring is 1. The predicted octanol–water partition coefficient (Wildman–Crippen LogP) is 3.76. The standard InChI is InChI=1S/C27H32NOS.C14H11ClN6O2.ClHO4/c1-20-25(29-19-11-17-24-16-10-18-28(24)3)21(2)27(23-14-8-5-9-15-23)30-26(20)22-12-6-4-7-13-22;15-11(22)7-1-3-8(4-2-7)17-5-9-6-18-12-10(19-9)13(23)21-14(16)20-12;2-1(3,4)5/h4-9,12-15,24H,10-11,16-19H2,1-3H3;1-4,6,17H,5H2,(H3,16,18,20,21,23);(H,2,3,4,5)/q+1;;/p-1. The van der Waals surface area contributed by atoms with E-state index in [4.69, 9.17) is 40.7 Å². The summed E-state index contributed by atoms with van der Waals surface area (Å²) in [5.74, 6) is 1.06. The molecule has 0 radical (unpaired) electrons. The van der Waals surface area contributed by atoms with Crippen molar-refractivity contribution in [3.8, 4) is 26.6 Å². The number of benzene rings is 3. The van der Waals surface area contributed by atoms with Crippen molar-refractivity contribution < 1.29 is 38.4 Å². The number of likely N-dealkylation sites (tertiary alicyclic amines) is 1. The van der Waals surface area contributed by atoms with Crippen molar-refractivity contribution in [1.29, 1.82) is 0 Å². The highest BCUT2D eigenvalue weighted by Crippen LogP contribution is 2.44. The average molecular weight is 849 g/mol. The number of rotatable bonds is 11. The Balaban J connectivity index is 0.000000203. The van der Waals surface area contributed by atoms with E-state index in [9.17, 15) is 9.59 Å². The minimum absolute atomic E-state index is 0.00314. The van der Waals surface area contributed by atoms with Crippen LogP contribution in [0.25, 0.3) is 32.0 Å². The number of H-pyrrole nitrogens is 1. The maximum absolute atomic E-state index is 11.8. The van der Waals surface area contributed by atoms with Gasteiger partial charge in [-0.25, -0.2) is 28.6 Å². The SMILES string of the molecule is Cc1c(-c2ccccc2)[s+]c(-c2ccccc2)c(C)c1OCCCC1CCCN1C.Nc1nc2ncc(CNc3ccc(C(=O)Cl)cc3)nc2c(=O)[nH]1.[O-][Cl+3]([O-])([O-])[O-]. The molecule has 0 bridgehead atoms. The lowest BCUT2D eigenvalue weighted by atomic mass is 10.0. The number of hydrogen-bond acceptors (Lipinski definition) is 13. The van der Waals surface area contributed by atoms with E-state index in [0.717, 1.165) is 30.5 Å². The van der Waals surface area contributed by atoms with Gasteiger partial charge in [0.15, 0.2) is 11.2 Å². The molecule has 4 heterocycles. The lowest BCUT2D eigenvalue weighted by molar-refractivity contribution is -2.00. The highest BCUT2D eigenvalue weighted by Gasteiger charge is 2.28. The van der Waals surface area contributed by atoms with Crippen LogP contribution in [0.2, 0.25) is 0 Å². The van der Waals surface area contributed by atoms with Gasteiger partial charge in [0.05, 0.1) is 36.2 Å². The van der Waals surface area contributed by atoms with Gasteiger partial charge in [-0.2, -0.15) is 4.98 Å². The second kappa shape index (κ2) is 20.5. The summed E-state index contributed by atoms with van der Waals surface area (Å²) in [5.41, 5.74) is 12.1. The summed E-state index contributed by atoms with van der Waals surface area (Å²) in [7, 11) is -2.69. The number of carbonyl (C=O) groups excluding carboxylic acids is 1. The maximum atomic E-state index is 11.8. The molecule has 3 aromatic carbocycles. The molecule has 1 aliphatic heterocycles. The number of carbonyl (C=O) groups is 1. The van der Waals surface area contributed by atoms with Gasteiger partial charge in [0.2, 0.25) is 27.0 Å². The average Bonchev–Trinajstić information content (AvgIpc) is 3.61. The van der Waals surface area contributed by atoms with Crippen LogP contribution in [-0.2, 0) is 6.54 Å². The lowest BCUT2D eigenvalue weighted by Crippen LogP contribution is -2.68. The first-order chi connectivity index (χ1) is 27.7. The smallest absolute Gasteiger partial charge is 0.280 e. The second-order valence-corrected chi connectivity index (χ2v) is 15.5. The van der Waals surface area contributed by atoms with Gasteiger partial charge in [0.25, 0.3) is 10.8 Å². The molecule has 58 heavy (non-hydrogen) atoms. The molecule has 0 aliphatic carbocycles. The molecule has 0 spiro atoms. The first kappa shape index (κ1) is 44.0. The number of ether oxygens (including phenoxy) is 1. The van der Waals surface area contributed by atoms with Gasteiger partial charge in [-0.15, -0.1) is 10.2 Å². The Hall–Kier alpha value is -5.10. The quantitative estimate of drug-likeness (QED) is 0.0959. The molecule has 1 unspecified atom stereocenters. The summed E-state index contributed by atoms with van der Waals surface area (Å²) >= 11 is 7.25. The molecule has 1 aliphatic rings. The monoisotopic (exact) mass is 847 g/mol. The van der Waals surface area contributed by atoms with Crippen molar-refractivity contribution >= 4 is 51.0 Å².